The summed E-state index contributed by atoms with van der Waals surface area (Å²) in [4.78, 5) is 11.7. The third-order valence-corrected chi connectivity index (χ3v) is 4.21. The van der Waals surface area contributed by atoms with Gasteiger partial charge in [-0.15, -0.1) is 0 Å². The van der Waals surface area contributed by atoms with Crippen LogP contribution in [-0.4, -0.2) is 34.1 Å². The van der Waals surface area contributed by atoms with E-state index in [0.717, 1.165) is 4.31 Å². The van der Waals surface area contributed by atoms with Gasteiger partial charge in [-0.05, 0) is 12.1 Å². The van der Waals surface area contributed by atoms with Gasteiger partial charge in [-0.2, -0.15) is 0 Å². The molecule has 0 spiro atoms. The lowest BCUT2D eigenvalue weighted by Gasteiger charge is -2.27. The molecule has 86 valence electrons. The number of sulfonamides is 1. The average Bonchev–Trinajstić information content (AvgIpc) is 2.24. The minimum atomic E-state index is -3.55. The van der Waals surface area contributed by atoms with E-state index in [2.05, 4.69) is 0 Å². The van der Waals surface area contributed by atoms with Crippen LogP contribution in [0.5, 0.6) is 5.75 Å². The highest BCUT2D eigenvalue weighted by atomic mass is 32.2. The first kappa shape index (κ1) is 10.9. The molecule has 0 radical (unpaired) electrons. The van der Waals surface area contributed by atoms with Gasteiger partial charge >= 0.3 is 0 Å². The summed E-state index contributed by atoms with van der Waals surface area (Å²) in [5, 5.41) is 0. The number of carbonyl (C=O) groups excluding carboxylic acids is 1. The fourth-order valence-electron chi connectivity index (χ4n) is 1.72. The first-order chi connectivity index (χ1) is 7.47. The van der Waals surface area contributed by atoms with Gasteiger partial charge in [0.15, 0.2) is 5.78 Å². The number of rotatable bonds is 1. The summed E-state index contributed by atoms with van der Waals surface area (Å²) in [6.07, 6.45) is 0. The second-order valence-electron chi connectivity index (χ2n) is 3.50. The Morgan fingerprint density at radius 1 is 1.38 bits per heavy atom. The Labute approximate surface area is 93.7 Å². The van der Waals surface area contributed by atoms with Crippen LogP contribution >= 0.6 is 0 Å². The van der Waals surface area contributed by atoms with E-state index in [1.807, 2.05) is 0 Å². The van der Waals surface area contributed by atoms with Crippen LogP contribution in [-0.2, 0) is 10.0 Å². The maximum Gasteiger partial charge on any atom is 0.242 e. The Morgan fingerprint density at radius 3 is 2.69 bits per heavy atom. The molecule has 0 aromatic heterocycles. The van der Waals surface area contributed by atoms with Crippen LogP contribution in [0.3, 0.4) is 0 Å². The van der Waals surface area contributed by atoms with Crippen molar-refractivity contribution in [3.8, 4) is 5.75 Å². The first-order valence-electron chi connectivity index (χ1n) is 4.64. The summed E-state index contributed by atoms with van der Waals surface area (Å²) in [6.45, 7) is 0. The smallest absolute Gasteiger partial charge is 0.242 e. The van der Waals surface area contributed by atoms with Crippen LogP contribution in [0.2, 0.25) is 0 Å². The molecule has 6 heteroatoms. The molecule has 2 rings (SSSR count). The molecular weight excluding hydrogens is 230 g/mol. The van der Waals surface area contributed by atoms with Gasteiger partial charge in [0.25, 0.3) is 0 Å². The molecule has 0 fully saturated rings. The molecule has 1 aromatic carbocycles. The Bertz CT molecular complexity index is 550. The van der Waals surface area contributed by atoms with E-state index in [1.165, 1.54) is 14.2 Å². The van der Waals surface area contributed by atoms with Gasteiger partial charge in [-0.25, -0.2) is 8.42 Å². The molecule has 0 amide bonds. The van der Waals surface area contributed by atoms with Crippen LogP contribution in [0.4, 0.5) is 5.69 Å². The van der Waals surface area contributed by atoms with Gasteiger partial charge in [-0.3, -0.25) is 9.10 Å². The van der Waals surface area contributed by atoms with Gasteiger partial charge in [0.05, 0.1) is 7.11 Å². The lowest BCUT2D eigenvalue weighted by atomic mass is 10.1. The Morgan fingerprint density at radius 2 is 2.06 bits per heavy atom. The van der Waals surface area contributed by atoms with E-state index in [9.17, 15) is 13.2 Å². The van der Waals surface area contributed by atoms with Gasteiger partial charge < -0.3 is 4.74 Å². The van der Waals surface area contributed by atoms with Crippen molar-refractivity contribution in [2.24, 2.45) is 0 Å². The minimum Gasteiger partial charge on any atom is -0.495 e. The fourth-order valence-corrected chi connectivity index (χ4v) is 2.86. The number of anilines is 1. The maximum atomic E-state index is 11.7. The summed E-state index contributed by atoms with van der Waals surface area (Å²) in [6, 6.07) is 4.90. The predicted molar refractivity (Wildman–Crippen MR) is 59.5 cm³/mol. The monoisotopic (exact) mass is 241 g/mol. The van der Waals surface area contributed by atoms with E-state index < -0.39 is 21.6 Å². The van der Waals surface area contributed by atoms with Crippen LogP contribution < -0.4 is 9.04 Å². The highest BCUT2D eigenvalue weighted by molar-refractivity contribution is 7.93. The molecule has 0 bridgehead atoms. The number of Topliss-reactive ketones (excluding diaryl/α,β-unsaturated/α-hetero) is 1. The van der Waals surface area contributed by atoms with E-state index in [4.69, 9.17) is 4.74 Å². The summed E-state index contributed by atoms with van der Waals surface area (Å²) < 4.78 is 29.5. The zero-order valence-electron chi connectivity index (χ0n) is 8.93. The molecule has 1 aromatic rings. The Kier molecular flexibility index (Phi) is 2.38. The number of nitrogens with zero attached hydrogens (tertiary/aromatic N) is 1. The predicted octanol–water partition coefficient (Wildman–Crippen LogP) is 0.657. The van der Waals surface area contributed by atoms with Crippen molar-refractivity contribution in [3.05, 3.63) is 23.8 Å². The third-order valence-electron chi connectivity index (χ3n) is 2.56. The molecule has 0 N–H and O–H groups in total. The Balaban J connectivity index is 2.74. The van der Waals surface area contributed by atoms with Crippen molar-refractivity contribution in [1.29, 1.82) is 0 Å². The number of hydrogen-bond acceptors (Lipinski definition) is 4. The summed E-state index contributed by atoms with van der Waals surface area (Å²) in [5.41, 5.74) is 0.706. The lowest BCUT2D eigenvalue weighted by molar-refractivity contribution is 0.101. The van der Waals surface area contributed by atoms with Crippen molar-refractivity contribution in [2.75, 3.05) is 24.2 Å². The molecule has 16 heavy (non-hydrogen) atoms. The van der Waals surface area contributed by atoms with Crippen molar-refractivity contribution in [3.63, 3.8) is 0 Å². The van der Waals surface area contributed by atoms with Crippen molar-refractivity contribution < 1.29 is 17.9 Å². The van der Waals surface area contributed by atoms with Gasteiger partial charge in [0, 0.05) is 12.6 Å². The zero-order chi connectivity index (χ0) is 11.9. The standard InChI is InChI=1S/C10H11NO4S/c1-11-10-7(4-3-5-9(10)15-2)8(12)6-16(11,13)14/h3-5H,6H2,1-2H3. The van der Waals surface area contributed by atoms with Crippen LogP contribution in [0.1, 0.15) is 10.4 Å². The molecule has 5 nitrogen and oxygen atoms in total. The molecule has 0 saturated carbocycles. The number of carbonyl (C=O) groups is 1. The number of fused-ring (bicyclic) bond motifs is 1. The van der Waals surface area contributed by atoms with E-state index in [-0.39, 0.29) is 0 Å². The second-order valence-corrected chi connectivity index (χ2v) is 5.50. The van der Waals surface area contributed by atoms with Gasteiger partial charge in [0.2, 0.25) is 10.0 Å². The topological polar surface area (TPSA) is 63.7 Å². The van der Waals surface area contributed by atoms with Gasteiger partial charge in [0.1, 0.15) is 17.2 Å². The fraction of sp³-hybridized carbons (Fsp3) is 0.300. The maximum absolute atomic E-state index is 11.7. The number of benzene rings is 1. The first-order valence-corrected chi connectivity index (χ1v) is 6.25. The van der Waals surface area contributed by atoms with Crippen LogP contribution in [0, 0.1) is 0 Å². The number of para-hydroxylation sites is 1. The molecular formula is C10H11NO4S. The van der Waals surface area contributed by atoms with Gasteiger partial charge in [-0.1, -0.05) is 6.07 Å². The minimum absolute atomic E-state index is 0.321. The van der Waals surface area contributed by atoms with Crippen LogP contribution in [0.25, 0.3) is 0 Å². The molecule has 0 saturated heterocycles. The highest BCUT2D eigenvalue weighted by Gasteiger charge is 2.34. The third kappa shape index (κ3) is 1.46. The number of ketones is 1. The molecule has 1 aliphatic rings. The molecule has 0 atom stereocenters. The van der Waals surface area contributed by atoms with Crippen LogP contribution in [0.15, 0.2) is 18.2 Å². The largest absolute Gasteiger partial charge is 0.495 e. The average molecular weight is 241 g/mol. The highest BCUT2D eigenvalue weighted by Crippen LogP contribution is 2.36. The Hall–Kier alpha value is -1.56. The van der Waals surface area contributed by atoms with Crippen molar-refractivity contribution >= 4 is 21.5 Å². The van der Waals surface area contributed by atoms with E-state index in [0.29, 0.717) is 17.0 Å². The lowest BCUT2D eigenvalue weighted by Crippen LogP contribution is -2.38. The molecule has 1 aliphatic heterocycles. The molecule has 0 aliphatic carbocycles. The second kappa shape index (κ2) is 3.48. The summed E-state index contributed by atoms with van der Waals surface area (Å²) >= 11 is 0. The van der Waals surface area contributed by atoms with E-state index >= 15 is 0 Å². The molecule has 0 unspecified atom stereocenters. The summed E-state index contributed by atoms with van der Waals surface area (Å²) in [5.74, 6) is -0.493. The van der Waals surface area contributed by atoms with E-state index in [1.54, 1.807) is 18.2 Å². The number of ether oxygens (including phenoxy) is 1. The normalized spacial score (nSPS) is 18.1. The number of methoxy groups -OCH3 is 1. The zero-order valence-corrected chi connectivity index (χ0v) is 9.74. The van der Waals surface area contributed by atoms with Crippen molar-refractivity contribution in [2.45, 2.75) is 0 Å². The quantitative estimate of drug-likeness (QED) is 0.724. The molecule has 1 heterocycles. The van der Waals surface area contributed by atoms with Crippen molar-refractivity contribution in [1.82, 2.24) is 0 Å². The SMILES string of the molecule is COc1cccc2c1N(C)S(=O)(=O)CC2=O. The number of hydrogen-bond donors (Lipinski definition) is 0. The summed E-state index contributed by atoms with van der Waals surface area (Å²) in [7, 11) is -0.693.